The van der Waals surface area contributed by atoms with E-state index in [0.717, 1.165) is 23.0 Å². The lowest BCUT2D eigenvalue weighted by atomic mass is 9.98. The molecular formula is C16H19BrFN3. The van der Waals surface area contributed by atoms with Crippen LogP contribution in [0.4, 0.5) is 10.2 Å². The fourth-order valence-electron chi connectivity index (χ4n) is 2.30. The molecule has 112 valence electrons. The van der Waals surface area contributed by atoms with Gasteiger partial charge < -0.3 is 11.1 Å². The standard InChI is InChI=1S/C16H19BrFN3/c1-2-7-20-14(9-11-6-8-21-15(19)10-11)16-12(17)4-3-5-13(16)18/h3-6,8,10,14,20H,2,7,9H2,1H3,(H2,19,21). The van der Waals surface area contributed by atoms with Crippen molar-refractivity contribution in [1.82, 2.24) is 10.3 Å². The summed E-state index contributed by atoms with van der Waals surface area (Å²) in [7, 11) is 0. The topological polar surface area (TPSA) is 50.9 Å². The summed E-state index contributed by atoms with van der Waals surface area (Å²) in [6, 6.07) is 8.68. The minimum Gasteiger partial charge on any atom is -0.384 e. The van der Waals surface area contributed by atoms with Crippen LogP contribution < -0.4 is 11.1 Å². The van der Waals surface area contributed by atoms with Gasteiger partial charge in [0.15, 0.2) is 0 Å². The number of nitrogens with zero attached hydrogens (tertiary/aromatic N) is 1. The SMILES string of the molecule is CCCNC(Cc1ccnc(N)c1)c1c(F)cccc1Br. The molecule has 0 saturated carbocycles. The fourth-order valence-corrected chi connectivity index (χ4v) is 2.91. The molecule has 0 bridgehead atoms. The van der Waals surface area contributed by atoms with E-state index in [4.69, 9.17) is 5.73 Å². The van der Waals surface area contributed by atoms with E-state index in [1.54, 1.807) is 12.3 Å². The lowest BCUT2D eigenvalue weighted by Gasteiger charge is -2.21. The lowest BCUT2D eigenvalue weighted by Crippen LogP contribution is -2.25. The Balaban J connectivity index is 2.30. The number of hydrogen-bond donors (Lipinski definition) is 2. The highest BCUT2D eigenvalue weighted by Crippen LogP contribution is 2.29. The van der Waals surface area contributed by atoms with Crippen LogP contribution in [0.3, 0.4) is 0 Å². The van der Waals surface area contributed by atoms with Gasteiger partial charge >= 0.3 is 0 Å². The first kappa shape index (κ1) is 15.9. The molecule has 21 heavy (non-hydrogen) atoms. The number of aromatic nitrogens is 1. The van der Waals surface area contributed by atoms with Crippen LogP contribution in [0.5, 0.6) is 0 Å². The van der Waals surface area contributed by atoms with Crippen molar-refractivity contribution in [2.24, 2.45) is 0 Å². The van der Waals surface area contributed by atoms with Gasteiger partial charge in [-0.05, 0) is 49.2 Å². The molecule has 0 fully saturated rings. The number of benzene rings is 1. The molecule has 1 aromatic carbocycles. The van der Waals surface area contributed by atoms with Gasteiger partial charge in [0.2, 0.25) is 0 Å². The Hall–Kier alpha value is -1.46. The smallest absolute Gasteiger partial charge is 0.129 e. The van der Waals surface area contributed by atoms with E-state index in [9.17, 15) is 4.39 Å². The second kappa shape index (κ2) is 7.52. The first-order valence-corrected chi connectivity index (χ1v) is 7.78. The molecule has 1 unspecified atom stereocenters. The van der Waals surface area contributed by atoms with E-state index < -0.39 is 0 Å². The number of nitrogens with one attached hydrogen (secondary N) is 1. The van der Waals surface area contributed by atoms with Crippen molar-refractivity contribution in [3.8, 4) is 0 Å². The van der Waals surface area contributed by atoms with Crippen molar-refractivity contribution in [3.05, 3.63) is 57.9 Å². The van der Waals surface area contributed by atoms with Crippen molar-refractivity contribution in [2.45, 2.75) is 25.8 Å². The number of nitrogens with two attached hydrogens (primary N) is 1. The third-order valence-electron chi connectivity index (χ3n) is 3.27. The minimum atomic E-state index is -0.208. The van der Waals surface area contributed by atoms with Gasteiger partial charge in [-0.15, -0.1) is 0 Å². The van der Waals surface area contributed by atoms with Crippen molar-refractivity contribution in [1.29, 1.82) is 0 Å². The van der Waals surface area contributed by atoms with Crippen LogP contribution >= 0.6 is 15.9 Å². The molecule has 1 aromatic heterocycles. The average molecular weight is 352 g/mol. The maximum Gasteiger partial charge on any atom is 0.129 e. The maximum absolute atomic E-state index is 14.2. The van der Waals surface area contributed by atoms with Crippen LogP contribution in [0.2, 0.25) is 0 Å². The molecule has 0 radical (unpaired) electrons. The monoisotopic (exact) mass is 351 g/mol. The van der Waals surface area contributed by atoms with Crippen LogP contribution in [0.1, 0.15) is 30.5 Å². The van der Waals surface area contributed by atoms with Crippen LogP contribution in [0, 0.1) is 5.82 Å². The molecule has 0 amide bonds. The van der Waals surface area contributed by atoms with Crippen LogP contribution in [-0.4, -0.2) is 11.5 Å². The van der Waals surface area contributed by atoms with Crippen molar-refractivity contribution >= 4 is 21.7 Å². The molecule has 0 saturated heterocycles. The first-order valence-electron chi connectivity index (χ1n) is 6.99. The Bertz CT molecular complexity index is 584. The predicted octanol–water partition coefficient (Wildman–Crippen LogP) is 3.85. The normalized spacial score (nSPS) is 12.3. The summed E-state index contributed by atoms with van der Waals surface area (Å²) < 4.78 is 15.0. The predicted molar refractivity (Wildman–Crippen MR) is 87.5 cm³/mol. The van der Waals surface area contributed by atoms with Crippen LogP contribution in [0.25, 0.3) is 0 Å². The summed E-state index contributed by atoms with van der Waals surface area (Å²) in [6.07, 6.45) is 3.32. The Labute approximate surface area is 132 Å². The van der Waals surface area contributed by atoms with E-state index in [0.29, 0.717) is 17.8 Å². The maximum atomic E-state index is 14.2. The number of halogens is 2. The molecule has 0 spiro atoms. The second-order valence-corrected chi connectivity index (χ2v) is 5.79. The highest BCUT2D eigenvalue weighted by molar-refractivity contribution is 9.10. The fraction of sp³-hybridized carbons (Fsp3) is 0.312. The van der Waals surface area contributed by atoms with Gasteiger partial charge in [-0.2, -0.15) is 0 Å². The summed E-state index contributed by atoms with van der Waals surface area (Å²) in [5.74, 6) is 0.273. The highest BCUT2D eigenvalue weighted by Gasteiger charge is 2.18. The summed E-state index contributed by atoms with van der Waals surface area (Å²) in [4.78, 5) is 3.99. The summed E-state index contributed by atoms with van der Waals surface area (Å²) in [5.41, 5.74) is 7.41. The molecule has 3 N–H and O–H groups in total. The van der Waals surface area contributed by atoms with E-state index in [1.807, 2.05) is 18.2 Å². The highest BCUT2D eigenvalue weighted by atomic mass is 79.9. The minimum absolute atomic E-state index is 0.109. The van der Waals surface area contributed by atoms with E-state index >= 15 is 0 Å². The average Bonchev–Trinajstić information content (AvgIpc) is 2.44. The molecule has 2 aromatic rings. The molecule has 0 aliphatic rings. The van der Waals surface area contributed by atoms with Crippen LogP contribution in [-0.2, 0) is 6.42 Å². The van der Waals surface area contributed by atoms with Gasteiger partial charge in [0.1, 0.15) is 11.6 Å². The largest absolute Gasteiger partial charge is 0.384 e. The van der Waals surface area contributed by atoms with Crippen LogP contribution in [0.15, 0.2) is 41.0 Å². The molecule has 1 heterocycles. The summed E-state index contributed by atoms with van der Waals surface area (Å²) in [6.45, 7) is 2.91. The van der Waals surface area contributed by atoms with Crippen molar-refractivity contribution in [2.75, 3.05) is 12.3 Å². The van der Waals surface area contributed by atoms with E-state index in [2.05, 4.69) is 33.2 Å². The Morgan fingerprint density at radius 3 is 2.86 bits per heavy atom. The van der Waals surface area contributed by atoms with E-state index in [1.165, 1.54) is 6.07 Å². The number of rotatable bonds is 6. The number of nitrogen functional groups attached to an aromatic ring is 1. The van der Waals surface area contributed by atoms with Gasteiger partial charge in [-0.25, -0.2) is 9.37 Å². The molecular weight excluding hydrogens is 333 g/mol. The first-order chi connectivity index (χ1) is 10.1. The molecule has 5 heteroatoms. The molecule has 0 aliphatic heterocycles. The molecule has 0 aliphatic carbocycles. The molecule has 3 nitrogen and oxygen atoms in total. The number of hydrogen-bond acceptors (Lipinski definition) is 3. The quantitative estimate of drug-likeness (QED) is 0.830. The van der Waals surface area contributed by atoms with Crippen molar-refractivity contribution < 1.29 is 4.39 Å². The van der Waals surface area contributed by atoms with Gasteiger partial charge in [0, 0.05) is 22.3 Å². The lowest BCUT2D eigenvalue weighted by molar-refractivity contribution is 0.495. The zero-order valence-electron chi connectivity index (χ0n) is 11.9. The summed E-state index contributed by atoms with van der Waals surface area (Å²) in [5, 5.41) is 3.40. The number of pyridine rings is 1. The van der Waals surface area contributed by atoms with Gasteiger partial charge in [0.25, 0.3) is 0 Å². The molecule has 2 rings (SSSR count). The zero-order chi connectivity index (χ0) is 15.2. The number of anilines is 1. The molecule has 1 atom stereocenters. The second-order valence-electron chi connectivity index (χ2n) is 4.94. The van der Waals surface area contributed by atoms with Gasteiger partial charge in [-0.3, -0.25) is 0 Å². The van der Waals surface area contributed by atoms with Crippen molar-refractivity contribution in [3.63, 3.8) is 0 Å². The van der Waals surface area contributed by atoms with E-state index in [-0.39, 0.29) is 11.9 Å². The zero-order valence-corrected chi connectivity index (χ0v) is 13.5. The Morgan fingerprint density at radius 1 is 1.38 bits per heavy atom. The van der Waals surface area contributed by atoms with Gasteiger partial charge in [0.05, 0.1) is 0 Å². The Morgan fingerprint density at radius 2 is 2.19 bits per heavy atom. The third kappa shape index (κ3) is 4.25. The summed E-state index contributed by atoms with van der Waals surface area (Å²) >= 11 is 3.45. The van der Waals surface area contributed by atoms with Gasteiger partial charge in [-0.1, -0.05) is 28.9 Å². The third-order valence-corrected chi connectivity index (χ3v) is 3.97. The Kier molecular flexibility index (Phi) is 5.70.